The molecule has 0 saturated heterocycles. The van der Waals surface area contributed by atoms with Crippen molar-refractivity contribution >= 4 is 21.4 Å². The Balaban J connectivity index is 2.40. The number of hydrogen-bond donors (Lipinski definition) is 2. The van der Waals surface area contributed by atoms with Crippen molar-refractivity contribution in [3.8, 4) is 0 Å². The predicted octanol–water partition coefficient (Wildman–Crippen LogP) is 2.66. The fraction of sp³-hybridized carbons (Fsp3) is 0.0769. The maximum atomic E-state index is 13.5. The van der Waals surface area contributed by atoms with Gasteiger partial charge in [0.2, 0.25) is 0 Å². The summed E-state index contributed by atoms with van der Waals surface area (Å²) in [7, 11) is -4.20. The molecule has 0 bridgehead atoms. The maximum absolute atomic E-state index is 13.5. The molecule has 0 spiro atoms. The molecule has 0 aliphatic rings. The first-order valence-corrected chi connectivity index (χ1v) is 7.12. The van der Waals surface area contributed by atoms with E-state index in [1.165, 1.54) is 18.2 Å². The van der Waals surface area contributed by atoms with Gasteiger partial charge in [0, 0.05) is 11.4 Å². The SMILES string of the molecule is Cc1cc(NS(=O)(=O)c2cc(F)ccc2F)ccc1N. The van der Waals surface area contributed by atoms with Crippen LogP contribution in [0.4, 0.5) is 20.2 Å². The molecule has 0 aromatic heterocycles. The Bertz CT molecular complexity index is 761. The van der Waals surface area contributed by atoms with Crippen molar-refractivity contribution in [1.29, 1.82) is 0 Å². The van der Waals surface area contributed by atoms with Crippen LogP contribution in [0.2, 0.25) is 0 Å². The molecule has 0 radical (unpaired) electrons. The number of rotatable bonds is 3. The largest absolute Gasteiger partial charge is 0.399 e. The second-order valence-corrected chi connectivity index (χ2v) is 5.90. The Hall–Kier alpha value is -2.15. The Kier molecular flexibility index (Phi) is 3.63. The summed E-state index contributed by atoms with van der Waals surface area (Å²) in [6.07, 6.45) is 0. The molecule has 2 rings (SSSR count). The summed E-state index contributed by atoms with van der Waals surface area (Å²) in [5.41, 5.74) is 7.02. The Labute approximate surface area is 115 Å². The van der Waals surface area contributed by atoms with Gasteiger partial charge in [0.05, 0.1) is 0 Å². The van der Waals surface area contributed by atoms with Crippen LogP contribution in [-0.2, 0) is 10.0 Å². The van der Waals surface area contributed by atoms with Crippen molar-refractivity contribution in [2.45, 2.75) is 11.8 Å². The summed E-state index contributed by atoms with van der Waals surface area (Å²) < 4.78 is 52.8. The number of hydrogen-bond acceptors (Lipinski definition) is 3. The average molecular weight is 298 g/mol. The van der Waals surface area contributed by atoms with Crippen molar-refractivity contribution in [1.82, 2.24) is 0 Å². The lowest BCUT2D eigenvalue weighted by atomic mass is 10.2. The van der Waals surface area contributed by atoms with Gasteiger partial charge >= 0.3 is 0 Å². The first kappa shape index (κ1) is 14.3. The van der Waals surface area contributed by atoms with Crippen LogP contribution >= 0.6 is 0 Å². The van der Waals surface area contributed by atoms with E-state index in [0.717, 1.165) is 12.1 Å². The van der Waals surface area contributed by atoms with Crippen molar-refractivity contribution in [3.05, 3.63) is 53.6 Å². The molecule has 0 heterocycles. The molecule has 0 fully saturated rings. The molecule has 0 unspecified atom stereocenters. The van der Waals surface area contributed by atoms with Gasteiger partial charge in [-0.25, -0.2) is 17.2 Å². The highest BCUT2D eigenvalue weighted by Crippen LogP contribution is 2.22. The average Bonchev–Trinajstić information content (AvgIpc) is 2.36. The van der Waals surface area contributed by atoms with Crippen LogP contribution in [0.1, 0.15) is 5.56 Å². The summed E-state index contributed by atoms with van der Waals surface area (Å²) in [5.74, 6) is -1.86. The van der Waals surface area contributed by atoms with E-state index in [2.05, 4.69) is 4.72 Å². The van der Waals surface area contributed by atoms with Crippen molar-refractivity contribution in [3.63, 3.8) is 0 Å². The highest BCUT2D eigenvalue weighted by molar-refractivity contribution is 7.92. The number of nitrogens with one attached hydrogen (secondary N) is 1. The third-order valence-electron chi connectivity index (χ3n) is 2.70. The number of nitrogens with two attached hydrogens (primary N) is 1. The topological polar surface area (TPSA) is 72.2 Å². The van der Waals surface area contributed by atoms with Crippen LogP contribution in [0.3, 0.4) is 0 Å². The van der Waals surface area contributed by atoms with E-state index < -0.39 is 26.6 Å². The summed E-state index contributed by atoms with van der Waals surface area (Å²) in [6.45, 7) is 1.70. The number of aryl methyl sites for hydroxylation is 1. The van der Waals surface area contributed by atoms with Gasteiger partial charge in [0.25, 0.3) is 10.0 Å². The summed E-state index contributed by atoms with van der Waals surface area (Å²) >= 11 is 0. The van der Waals surface area contributed by atoms with Crippen molar-refractivity contribution in [2.75, 3.05) is 10.5 Å². The zero-order valence-electron chi connectivity index (χ0n) is 10.5. The highest BCUT2D eigenvalue weighted by Gasteiger charge is 2.20. The Morgan fingerprint density at radius 3 is 2.45 bits per heavy atom. The standard InChI is InChI=1S/C13H12F2N2O2S/c1-8-6-10(3-5-12(8)16)17-20(18,19)13-7-9(14)2-4-11(13)15/h2-7,17H,16H2,1H3. The van der Waals surface area contributed by atoms with Gasteiger partial charge in [-0.2, -0.15) is 0 Å². The Morgan fingerprint density at radius 2 is 1.80 bits per heavy atom. The maximum Gasteiger partial charge on any atom is 0.264 e. The monoisotopic (exact) mass is 298 g/mol. The van der Waals surface area contributed by atoms with E-state index in [-0.39, 0.29) is 5.69 Å². The van der Waals surface area contributed by atoms with Crippen LogP contribution in [0.5, 0.6) is 0 Å². The van der Waals surface area contributed by atoms with Crippen LogP contribution in [0.25, 0.3) is 0 Å². The molecule has 0 atom stereocenters. The first-order chi connectivity index (χ1) is 9.29. The third kappa shape index (κ3) is 2.88. The molecule has 4 nitrogen and oxygen atoms in total. The zero-order chi connectivity index (χ0) is 14.9. The zero-order valence-corrected chi connectivity index (χ0v) is 11.3. The molecule has 0 aliphatic heterocycles. The molecule has 7 heteroatoms. The number of anilines is 2. The van der Waals surface area contributed by atoms with Crippen molar-refractivity contribution < 1.29 is 17.2 Å². The lowest BCUT2D eigenvalue weighted by molar-refractivity contribution is 0.555. The molecule has 0 amide bonds. The van der Waals surface area contributed by atoms with E-state index in [1.54, 1.807) is 6.92 Å². The molecule has 20 heavy (non-hydrogen) atoms. The summed E-state index contributed by atoms with van der Waals surface area (Å²) in [4.78, 5) is -0.744. The van der Waals surface area contributed by atoms with E-state index in [9.17, 15) is 17.2 Å². The quantitative estimate of drug-likeness (QED) is 0.856. The number of halogens is 2. The minimum atomic E-state index is -4.20. The summed E-state index contributed by atoms with van der Waals surface area (Å²) in [5, 5.41) is 0. The van der Waals surface area contributed by atoms with E-state index >= 15 is 0 Å². The molecular weight excluding hydrogens is 286 g/mol. The normalized spacial score (nSPS) is 11.3. The second-order valence-electron chi connectivity index (χ2n) is 4.25. The van der Waals surface area contributed by atoms with Gasteiger partial charge in [-0.3, -0.25) is 4.72 Å². The molecule has 2 aromatic rings. The predicted molar refractivity (Wildman–Crippen MR) is 72.8 cm³/mol. The molecule has 106 valence electrons. The third-order valence-corrected chi connectivity index (χ3v) is 4.10. The van der Waals surface area contributed by atoms with Gasteiger partial charge in [-0.15, -0.1) is 0 Å². The van der Waals surface area contributed by atoms with Gasteiger partial charge in [-0.1, -0.05) is 0 Å². The number of benzene rings is 2. The molecule has 3 N–H and O–H groups in total. The lowest BCUT2D eigenvalue weighted by Crippen LogP contribution is -2.15. The number of sulfonamides is 1. The van der Waals surface area contributed by atoms with Crippen LogP contribution in [0, 0.1) is 18.6 Å². The molecule has 2 aromatic carbocycles. The molecule has 0 saturated carbocycles. The van der Waals surface area contributed by atoms with E-state index in [1.807, 2.05) is 0 Å². The Morgan fingerprint density at radius 1 is 1.10 bits per heavy atom. The fourth-order valence-electron chi connectivity index (χ4n) is 1.63. The van der Waals surface area contributed by atoms with E-state index in [0.29, 0.717) is 17.3 Å². The fourth-order valence-corrected chi connectivity index (χ4v) is 2.77. The van der Waals surface area contributed by atoms with Crippen LogP contribution in [0.15, 0.2) is 41.3 Å². The van der Waals surface area contributed by atoms with Gasteiger partial charge < -0.3 is 5.73 Å². The minimum Gasteiger partial charge on any atom is -0.399 e. The highest BCUT2D eigenvalue weighted by atomic mass is 32.2. The smallest absolute Gasteiger partial charge is 0.264 e. The minimum absolute atomic E-state index is 0.223. The van der Waals surface area contributed by atoms with Gasteiger partial charge in [0.15, 0.2) is 0 Å². The molecule has 0 aliphatic carbocycles. The van der Waals surface area contributed by atoms with Crippen LogP contribution in [-0.4, -0.2) is 8.42 Å². The van der Waals surface area contributed by atoms with Crippen LogP contribution < -0.4 is 10.5 Å². The first-order valence-electron chi connectivity index (χ1n) is 5.63. The van der Waals surface area contributed by atoms with E-state index in [4.69, 9.17) is 5.73 Å². The van der Waals surface area contributed by atoms with Crippen molar-refractivity contribution in [2.24, 2.45) is 0 Å². The second kappa shape index (κ2) is 5.09. The number of nitrogen functional groups attached to an aromatic ring is 1. The van der Waals surface area contributed by atoms with Gasteiger partial charge in [-0.05, 0) is 48.9 Å². The summed E-state index contributed by atoms with van der Waals surface area (Å²) in [6, 6.07) is 6.71. The van der Waals surface area contributed by atoms with Gasteiger partial charge in [0.1, 0.15) is 16.5 Å². The lowest BCUT2D eigenvalue weighted by Gasteiger charge is -2.10. The molecular formula is C13H12F2N2O2S.